The Kier molecular flexibility index (Phi) is 3.48. The molecule has 1 saturated heterocycles. The van der Waals surface area contributed by atoms with Crippen molar-refractivity contribution in [1.29, 1.82) is 0 Å². The maximum Gasteiger partial charge on any atom is 0.330 e. The maximum absolute atomic E-state index is 11.5. The Hall–Kier alpha value is -1.85. The van der Waals surface area contributed by atoms with Crippen LogP contribution in [0.4, 0.5) is 0 Å². The van der Waals surface area contributed by atoms with E-state index in [0.717, 1.165) is 38.4 Å². The second-order valence-corrected chi connectivity index (χ2v) is 4.83. The van der Waals surface area contributed by atoms with Crippen molar-refractivity contribution >= 4 is 0 Å². The lowest BCUT2D eigenvalue weighted by atomic mass is 10.2. The van der Waals surface area contributed by atoms with Crippen LogP contribution in [0.3, 0.4) is 0 Å². The number of aromatic nitrogens is 2. The van der Waals surface area contributed by atoms with Gasteiger partial charge in [-0.2, -0.15) is 0 Å². The van der Waals surface area contributed by atoms with Gasteiger partial charge in [-0.05, 0) is 17.7 Å². The predicted molar refractivity (Wildman–Crippen MR) is 74.5 cm³/mol. The van der Waals surface area contributed by atoms with Crippen LogP contribution in [0.25, 0.3) is 5.69 Å². The number of hydrogen-bond acceptors (Lipinski definition) is 3. The third kappa shape index (κ3) is 2.77. The molecule has 0 amide bonds. The van der Waals surface area contributed by atoms with Gasteiger partial charge in [0, 0.05) is 45.1 Å². The lowest BCUT2D eigenvalue weighted by Crippen LogP contribution is -2.42. The lowest BCUT2D eigenvalue weighted by Gasteiger charge is -2.27. The molecular weight excluding hydrogens is 240 g/mol. The molecule has 100 valence electrons. The minimum atomic E-state index is -0.102. The molecule has 0 radical (unpaired) electrons. The van der Waals surface area contributed by atoms with Crippen LogP contribution in [0.5, 0.6) is 0 Å². The summed E-state index contributed by atoms with van der Waals surface area (Å²) >= 11 is 0. The van der Waals surface area contributed by atoms with E-state index in [-0.39, 0.29) is 5.69 Å². The Morgan fingerprint density at radius 2 is 1.84 bits per heavy atom. The highest BCUT2D eigenvalue weighted by Crippen LogP contribution is 2.10. The quantitative estimate of drug-likeness (QED) is 0.846. The molecule has 2 N–H and O–H groups in total. The van der Waals surface area contributed by atoms with E-state index in [9.17, 15) is 4.79 Å². The molecule has 5 nitrogen and oxygen atoms in total. The van der Waals surface area contributed by atoms with Gasteiger partial charge in [-0.15, -0.1) is 0 Å². The van der Waals surface area contributed by atoms with Crippen molar-refractivity contribution in [3.05, 3.63) is 52.7 Å². The van der Waals surface area contributed by atoms with Gasteiger partial charge in [-0.3, -0.25) is 9.47 Å². The van der Waals surface area contributed by atoms with Crippen LogP contribution in [-0.4, -0.2) is 40.6 Å². The van der Waals surface area contributed by atoms with E-state index < -0.39 is 0 Å². The van der Waals surface area contributed by atoms with E-state index in [1.165, 1.54) is 5.56 Å². The molecule has 1 aromatic heterocycles. The van der Waals surface area contributed by atoms with Gasteiger partial charge in [0.1, 0.15) is 0 Å². The molecule has 3 rings (SSSR count). The molecule has 0 spiro atoms. The zero-order valence-electron chi connectivity index (χ0n) is 10.8. The fraction of sp³-hybridized carbons (Fsp3) is 0.357. The summed E-state index contributed by atoms with van der Waals surface area (Å²) in [7, 11) is 0. The topological polar surface area (TPSA) is 53.1 Å². The molecule has 0 atom stereocenters. The van der Waals surface area contributed by atoms with Crippen molar-refractivity contribution in [2.24, 2.45) is 0 Å². The highest BCUT2D eigenvalue weighted by Gasteiger charge is 2.09. The Morgan fingerprint density at radius 3 is 2.47 bits per heavy atom. The zero-order chi connectivity index (χ0) is 13.1. The number of rotatable bonds is 3. The molecule has 0 saturated carbocycles. The SMILES string of the molecule is O=c1[nH]ccn1-c1ccc(CN2CCNCC2)cc1. The molecule has 2 heterocycles. The summed E-state index contributed by atoms with van der Waals surface area (Å²) in [5.41, 5.74) is 2.08. The van der Waals surface area contributed by atoms with E-state index in [1.807, 2.05) is 12.1 Å². The molecular formula is C14H18N4O. The Balaban J connectivity index is 1.72. The molecule has 0 unspecified atom stereocenters. The van der Waals surface area contributed by atoms with Gasteiger partial charge in [-0.1, -0.05) is 12.1 Å². The van der Waals surface area contributed by atoms with Crippen LogP contribution in [-0.2, 0) is 6.54 Å². The first-order valence-electron chi connectivity index (χ1n) is 6.61. The molecule has 5 heteroatoms. The van der Waals surface area contributed by atoms with Crippen molar-refractivity contribution in [3.8, 4) is 5.69 Å². The molecule has 1 aliphatic heterocycles. The maximum atomic E-state index is 11.5. The van der Waals surface area contributed by atoms with Gasteiger partial charge in [-0.25, -0.2) is 4.79 Å². The number of H-pyrrole nitrogens is 1. The van der Waals surface area contributed by atoms with E-state index in [2.05, 4.69) is 27.3 Å². The average Bonchev–Trinajstić information content (AvgIpc) is 2.87. The number of nitrogens with zero attached hydrogens (tertiary/aromatic N) is 2. The minimum absolute atomic E-state index is 0.102. The molecule has 0 bridgehead atoms. The van der Waals surface area contributed by atoms with Crippen LogP contribution >= 0.6 is 0 Å². The molecule has 0 aliphatic carbocycles. The second-order valence-electron chi connectivity index (χ2n) is 4.83. The summed E-state index contributed by atoms with van der Waals surface area (Å²) in [4.78, 5) is 16.6. The van der Waals surface area contributed by atoms with E-state index in [0.29, 0.717) is 0 Å². The van der Waals surface area contributed by atoms with Crippen molar-refractivity contribution < 1.29 is 0 Å². The van der Waals surface area contributed by atoms with Crippen molar-refractivity contribution in [2.75, 3.05) is 26.2 Å². The van der Waals surface area contributed by atoms with Gasteiger partial charge in [0.15, 0.2) is 0 Å². The molecule has 19 heavy (non-hydrogen) atoms. The molecule has 1 aliphatic rings. The van der Waals surface area contributed by atoms with Crippen molar-refractivity contribution in [2.45, 2.75) is 6.54 Å². The van der Waals surface area contributed by atoms with Gasteiger partial charge < -0.3 is 10.3 Å². The van der Waals surface area contributed by atoms with Crippen molar-refractivity contribution in [3.63, 3.8) is 0 Å². The highest BCUT2D eigenvalue weighted by molar-refractivity contribution is 5.34. The van der Waals surface area contributed by atoms with Gasteiger partial charge in [0.05, 0.1) is 5.69 Å². The third-order valence-corrected chi connectivity index (χ3v) is 3.48. The highest BCUT2D eigenvalue weighted by atomic mass is 16.1. The normalized spacial score (nSPS) is 16.6. The Morgan fingerprint density at radius 1 is 1.11 bits per heavy atom. The largest absolute Gasteiger partial charge is 0.330 e. The number of hydrogen-bond donors (Lipinski definition) is 2. The molecule has 1 aromatic carbocycles. The van der Waals surface area contributed by atoms with Crippen molar-refractivity contribution in [1.82, 2.24) is 19.8 Å². The summed E-state index contributed by atoms with van der Waals surface area (Å²) in [6.07, 6.45) is 3.39. The van der Waals surface area contributed by atoms with Crippen LogP contribution in [0, 0.1) is 0 Å². The standard InChI is InChI=1S/C14H18N4O/c19-14-16-7-10-18(14)13-3-1-12(2-4-13)11-17-8-5-15-6-9-17/h1-4,7,10,15H,5-6,8-9,11H2,(H,16,19). The van der Waals surface area contributed by atoms with E-state index in [4.69, 9.17) is 0 Å². The van der Waals surface area contributed by atoms with Crippen LogP contribution in [0.15, 0.2) is 41.5 Å². The monoisotopic (exact) mass is 258 g/mol. The van der Waals surface area contributed by atoms with E-state index >= 15 is 0 Å². The van der Waals surface area contributed by atoms with Crippen LogP contribution < -0.4 is 11.0 Å². The summed E-state index contributed by atoms with van der Waals surface area (Å²) in [6, 6.07) is 8.17. The lowest BCUT2D eigenvalue weighted by molar-refractivity contribution is 0.233. The minimum Gasteiger partial charge on any atom is -0.314 e. The van der Waals surface area contributed by atoms with Gasteiger partial charge in [0.2, 0.25) is 0 Å². The number of piperazine rings is 1. The number of imidazole rings is 1. The summed E-state index contributed by atoms with van der Waals surface area (Å²) < 4.78 is 1.61. The molecule has 1 fully saturated rings. The van der Waals surface area contributed by atoms with Gasteiger partial charge >= 0.3 is 5.69 Å². The number of nitrogens with one attached hydrogen (secondary N) is 2. The average molecular weight is 258 g/mol. The van der Waals surface area contributed by atoms with Crippen LogP contribution in [0.2, 0.25) is 0 Å². The molecule has 2 aromatic rings. The fourth-order valence-corrected chi connectivity index (χ4v) is 2.41. The third-order valence-electron chi connectivity index (χ3n) is 3.48. The summed E-state index contributed by atoms with van der Waals surface area (Å²) in [6.45, 7) is 5.30. The Bertz CT molecular complexity index is 578. The van der Waals surface area contributed by atoms with Gasteiger partial charge in [0.25, 0.3) is 0 Å². The van der Waals surface area contributed by atoms with E-state index in [1.54, 1.807) is 17.0 Å². The Labute approximate surface area is 111 Å². The zero-order valence-corrected chi connectivity index (χ0v) is 10.8. The predicted octanol–water partition coefficient (Wildman–Crippen LogP) is 0.571. The summed E-state index contributed by atoms with van der Waals surface area (Å²) in [5, 5.41) is 3.35. The fourth-order valence-electron chi connectivity index (χ4n) is 2.41. The first-order valence-corrected chi connectivity index (χ1v) is 6.61. The smallest absolute Gasteiger partial charge is 0.314 e. The second kappa shape index (κ2) is 5.42. The first-order chi connectivity index (χ1) is 9.33. The number of aromatic amines is 1. The summed E-state index contributed by atoms with van der Waals surface area (Å²) in [5.74, 6) is 0. The first kappa shape index (κ1) is 12.2. The van der Waals surface area contributed by atoms with Crippen LogP contribution in [0.1, 0.15) is 5.56 Å². The number of benzene rings is 1.